The number of H-pyrrole nitrogens is 1. The van der Waals surface area contributed by atoms with Crippen molar-refractivity contribution in [2.24, 2.45) is 0 Å². The first-order valence-corrected chi connectivity index (χ1v) is 6.57. The SMILES string of the molecule is CCCCC(CC)c1[nH]nc(N)c1CCC. The number of hydrogen-bond donors (Lipinski definition) is 2. The molecule has 0 fully saturated rings. The van der Waals surface area contributed by atoms with Gasteiger partial charge in [0.05, 0.1) is 0 Å². The van der Waals surface area contributed by atoms with E-state index in [9.17, 15) is 0 Å². The van der Waals surface area contributed by atoms with Crippen molar-refractivity contribution in [3.8, 4) is 0 Å². The fraction of sp³-hybridized carbons (Fsp3) is 0.769. The molecule has 3 nitrogen and oxygen atoms in total. The fourth-order valence-corrected chi connectivity index (χ4v) is 2.25. The summed E-state index contributed by atoms with van der Waals surface area (Å²) in [7, 11) is 0. The minimum Gasteiger partial charge on any atom is -0.382 e. The summed E-state index contributed by atoms with van der Waals surface area (Å²) in [5.74, 6) is 1.30. The quantitative estimate of drug-likeness (QED) is 0.741. The summed E-state index contributed by atoms with van der Waals surface area (Å²) in [5, 5.41) is 7.31. The van der Waals surface area contributed by atoms with E-state index in [-0.39, 0.29) is 0 Å². The molecule has 1 heterocycles. The van der Waals surface area contributed by atoms with Gasteiger partial charge in [-0.2, -0.15) is 5.10 Å². The van der Waals surface area contributed by atoms with Gasteiger partial charge in [0.15, 0.2) is 0 Å². The Morgan fingerprint density at radius 2 is 2.00 bits per heavy atom. The number of nitrogen functional groups attached to an aromatic ring is 1. The molecule has 1 aromatic rings. The fourth-order valence-electron chi connectivity index (χ4n) is 2.25. The van der Waals surface area contributed by atoms with Crippen LogP contribution in [0.25, 0.3) is 0 Å². The second kappa shape index (κ2) is 6.56. The Morgan fingerprint density at radius 3 is 2.56 bits per heavy atom. The topological polar surface area (TPSA) is 54.7 Å². The monoisotopic (exact) mass is 223 g/mol. The van der Waals surface area contributed by atoms with Crippen LogP contribution in [-0.4, -0.2) is 10.2 Å². The third kappa shape index (κ3) is 3.00. The normalized spacial score (nSPS) is 12.9. The Kier molecular flexibility index (Phi) is 5.36. The Balaban J connectivity index is 2.82. The molecule has 0 saturated heterocycles. The van der Waals surface area contributed by atoms with Crippen LogP contribution >= 0.6 is 0 Å². The van der Waals surface area contributed by atoms with Crippen LogP contribution in [-0.2, 0) is 6.42 Å². The Bertz CT molecular complexity index is 304. The molecule has 92 valence electrons. The van der Waals surface area contributed by atoms with Crippen molar-refractivity contribution in [2.45, 2.75) is 65.2 Å². The first-order chi connectivity index (χ1) is 7.74. The maximum Gasteiger partial charge on any atom is 0.148 e. The van der Waals surface area contributed by atoms with Crippen molar-refractivity contribution in [3.05, 3.63) is 11.3 Å². The highest BCUT2D eigenvalue weighted by Gasteiger charge is 2.17. The van der Waals surface area contributed by atoms with E-state index in [0.717, 1.165) is 12.8 Å². The van der Waals surface area contributed by atoms with Crippen molar-refractivity contribution in [1.82, 2.24) is 10.2 Å². The lowest BCUT2D eigenvalue weighted by Crippen LogP contribution is -2.02. The van der Waals surface area contributed by atoms with Crippen molar-refractivity contribution >= 4 is 5.82 Å². The molecular weight excluding hydrogens is 198 g/mol. The molecule has 0 aliphatic carbocycles. The molecule has 3 heteroatoms. The van der Waals surface area contributed by atoms with E-state index >= 15 is 0 Å². The third-order valence-electron chi connectivity index (χ3n) is 3.24. The lowest BCUT2D eigenvalue weighted by atomic mass is 9.92. The Morgan fingerprint density at radius 1 is 1.25 bits per heavy atom. The zero-order valence-electron chi connectivity index (χ0n) is 10.8. The Labute approximate surface area is 98.8 Å². The van der Waals surface area contributed by atoms with Gasteiger partial charge >= 0.3 is 0 Å². The third-order valence-corrected chi connectivity index (χ3v) is 3.24. The summed E-state index contributed by atoms with van der Waals surface area (Å²) in [5.41, 5.74) is 8.45. The van der Waals surface area contributed by atoms with E-state index in [4.69, 9.17) is 5.73 Å². The highest BCUT2D eigenvalue weighted by molar-refractivity contribution is 5.43. The maximum absolute atomic E-state index is 5.91. The molecule has 0 aliphatic rings. The van der Waals surface area contributed by atoms with Gasteiger partial charge in [0.2, 0.25) is 0 Å². The second-order valence-corrected chi connectivity index (χ2v) is 4.50. The lowest BCUT2D eigenvalue weighted by Gasteiger charge is -2.14. The van der Waals surface area contributed by atoms with Gasteiger partial charge in [0.1, 0.15) is 5.82 Å². The molecular formula is C13H25N3. The average Bonchev–Trinajstić information content (AvgIpc) is 2.63. The number of nitrogens with two attached hydrogens (primary N) is 1. The van der Waals surface area contributed by atoms with E-state index in [2.05, 4.69) is 31.0 Å². The Hall–Kier alpha value is -0.990. The molecule has 16 heavy (non-hydrogen) atoms. The van der Waals surface area contributed by atoms with Crippen molar-refractivity contribution in [2.75, 3.05) is 5.73 Å². The number of aromatic amines is 1. The number of hydrogen-bond acceptors (Lipinski definition) is 2. The minimum atomic E-state index is 0.603. The summed E-state index contributed by atoms with van der Waals surface area (Å²) < 4.78 is 0. The average molecular weight is 223 g/mol. The van der Waals surface area contributed by atoms with Crippen molar-refractivity contribution in [1.29, 1.82) is 0 Å². The largest absolute Gasteiger partial charge is 0.382 e. The molecule has 0 saturated carbocycles. The van der Waals surface area contributed by atoms with Gasteiger partial charge in [-0.15, -0.1) is 0 Å². The van der Waals surface area contributed by atoms with E-state index < -0.39 is 0 Å². The summed E-state index contributed by atoms with van der Waals surface area (Å²) in [6.07, 6.45) is 7.11. The number of aromatic nitrogens is 2. The first-order valence-electron chi connectivity index (χ1n) is 6.57. The molecule has 1 atom stereocenters. The maximum atomic E-state index is 5.91. The zero-order chi connectivity index (χ0) is 12.0. The van der Waals surface area contributed by atoms with Crippen LogP contribution in [0.5, 0.6) is 0 Å². The van der Waals surface area contributed by atoms with Gasteiger partial charge < -0.3 is 5.73 Å². The summed E-state index contributed by atoms with van der Waals surface area (Å²) in [6, 6.07) is 0. The molecule has 1 aromatic heterocycles. The molecule has 0 spiro atoms. The van der Waals surface area contributed by atoms with E-state index in [1.54, 1.807) is 0 Å². The molecule has 1 unspecified atom stereocenters. The van der Waals surface area contributed by atoms with E-state index in [1.165, 1.54) is 36.9 Å². The summed E-state index contributed by atoms with van der Waals surface area (Å²) in [6.45, 7) is 6.66. The lowest BCUT2D eigenvalue weighted by molar-refractivity contribution is 0.552. The van der Waals surface area contributed by atoms with Crippen LogP contribution in [0.1, 0.15) is 70.1 Å². The molecule has 0 amide bonds. The number of nitrogens with zero attached hydrogens (tertiary/aromatic N) is 1. The highest BCUT2D eigenvalue weighted by Crippen LogP contribution is 2.29. The summed E-state index contributed by atoms with van der Waals surface area (Å²) >= 11 is 0. The van der Waals surface area contributed by atoms with Crippen LogP contribution in [0.3, 0.4) is 0 Å². The molecule has 1 rings (SSSR count). The molecule has 0 bridgehead atoms. The highest BCUT2D eigenvalue weighted by atomic mass is 15.2. The van der Waals surface area contributed by atoms with Crippen LogP contribution in [0.15, 0.2) is 0 Å². The van der Waals surface area contributed by atoms with E-state index in [0.29, 0.717) is 11.7 Å². The standard InChI is InChI=1S/C13H25N3/c1-4-7-9-10(6-3)12-11(8-5-2)13(14)16-15-12/h10H,4-9H2,1-3H3,(H3,14,15,16). The number of unbranched alkanes of at least 4 members (excludes halogenated alkanes) is 1. The second-order valence-electron chi connectivity index (χ2n) is 4.50. The van der Waals surface area contributed by atoms with Crippen LogP contribution in [0.4, 0.5) is 5.82 Å². The molecule has 0 aliphatic heterocycles. The van der Waals surface area contributed by atoms with Crippen molar-refractivity contribution in [3.63, 3.8) is 0 Å². The predicted octanol–water partition coefficient (Wildman–Crippen LogP) is 3.63. The first kappa shape index (κ1) is 13.1. The van der Waals surface area contributed by atoms with Gasteiger partial charge in [-0.3, -0.25) is 5.10 Å². The summed E-state index contributed by atoms with van der Waals surface area (Å²) in [4.78, 5) is 0. The van der Waals surface area contributed by atoms with Crippen molar-refractivity contribution < 1.29 is 0 Å². The van der Waals surface area contributed by atoms with Gasteiger partial charge in [-0.05, 0) is 19.3 Å². The van der Waals surface area contributed by atoms with Gasteiger partial charge in [0.25, 0.3) is 0 Å². The number of nitrogens with one attached hydrogen (secondary N) is 1. The number of anilines is 1. The smallest absolute Gasteiger partial charge is 0.148 e. The zero-order valence-corrected chi connectivity index (χ0v) is 10.8. The molecule has 3 N–H and O–H groups in total. The molecule has 0 radical (unpaired) electrons. The number of rotatable bonds is 7. The van der Waals surface area contributed by atoms with E-state index in [1.807, 2.05) is 0 Å². The predicted molar refractivity (Wildman–Crippen MR) is 69.6 cm³/mol. The van der Waals surface area contributed by atoms with Crippen LogP contribution < -0.4 is 5.73 Å². The molecule has 0 aromatic carbocycles. The van der Waals surface area contributed by atoms with Crippen LogP contribution in [0.2, 0.25) is 0 Å². The van der Waals surface area contributed by atoms with Crippen LogP contribution in [0, 0.1) is 0 Å². The minimum absolute atomic E-state index is 0.603. The van der Waals surface area contributed by atoms with Gasteiger partial charge in [0, 0.05) is 17.2 Å². The van der Waals surface area contributed by atoms with Gasteiger partial charge in [-0.25, -0.2) is 0 Å². The van der Waals surface area contributed by atoms with Gasteiger partial charge in [-0.1, -0.05) is 40.0 Å².